The molecule has 2 aromatic carbocycles. The molecule has 1 heterocycles. The summed E-state index contributed by atoms with van der Waals surface area (Å²) in [4.78, 5) is 26.1. The van der Waals surface area contributed by atoms with E-state index in [9.17, 15) is 9.59 Å². The second kappa shape index (κ2) is 8.33. The quantitative estimate of drug-likeness (QED) is 0.833. The first kappa shape index (κ1) is 19.7. The lowest BCUT2D eigenvalue weighted by Gasteiger charge is -2.31. The van der Waals surface area contributed by atoms with E-state index in [1.807, 2.05) is 69.3 Å². The Kier molecular flexibility index (Phi) is 5.87. The number of nitrogens with one attached hydrogen (secondary N) is 1. The average molecular weight is 382 g/mol. The number of anilines is 1. The SMILES string of the molecule is CC(C)(C)OC(=O)N1CCc2ccc(NC(=O)OCc3ccccc3)cc2C1. The number of nitrogens with zero attached hydrogens (tertiary/aromatic N) is 1. The van der Waals surface area contributed by atoms with E-state index in [0.29, 0.717) is 18.8 Å². The van der Waals surface area contributed by atoms with Crippen molar-refractivity contribution >= 4 is 17.9 Å². The molecule has 0 saturated heterocycles. The van der Waals surface area contributed by atoms with Crippen LogP contribution in [-0.2, 0) is 29.0 Å². The summed E-state index contributed by atoms with van der Waals surface area (Å²) in [6.45, 7) is 6.85. The van der Waals surface area contributed by atoms with Crippen molar-refractivity contribution in [1.29, 1.82) is 0 Å². The molecule has 6 nitrogen and oxygen atoms in total. The first-order chi connectivity index (χ1) is 13.3. The Labute approximate surface area is 165 Å². The van der Waals surface area contributed by atoms with Crippen molar-refractivity contribution in [3.63, 3.8) is 0 Å². The Hall–Kier alpha value is -3.02. The molecule has 0 spiro atoms. The van der Waals surface area contributed by atoms with Gasteiger partial charge in [-0.05, 0) is 56.0 Å². The van der Waals surface area contributed by atoms with E-state index in [-0.39, 0.29) is 12.7 Å². The van der Waals surface area contributed by atoms with Crippen molar-refractivity contribution in [2.24, 2.45) is 0 Å². The lowest BCUT2D eigenvalue weighted by molar-refractivity contribution is 0.0224. The predicted octanol–water partition coefficient (Wildman–Crippen LogP) is 4.73. The normalized spacial score (nSPS) is 13.5. The highest BCUT2D eigenvalue weighted by molar-refractivity contribution is 5.84. The van der Waals surface area contributed by atoms with Crippen LogP contribution in [0.3, 0.4) is 0 Å². The van der Waals surface area contributed by atoms with Gasteiger partial charge in [-0.25, -0.2) is 9.59 Å². The second-order valence-electron chi connectivity index (χ2n) is 7.82. The van der Waals surface area contributed by atoms with Gasteiger partial charge in [0.25, 0.3) is 0 Å². The van der Waals surface area contributed by atoms with Crippen LogP contribution in [0.25, 0.3) is 0 Å². The Morgan fingerprint density at radius 1 is 1.07 bits per heavy atom. The maximum atomic E-state index is 12.3. The van der Waals surface area contributed by atoms with Crippen LogP contribution in [0.4, 0.5) is 15.3 Å². The number of fused-ring (bicyclic) bond motifs is 1. The number of amides is 2. The topological polar surface area (TPSA) is 67.9 Å². The molecule has 0 saturated carbocycles. The molecule has 0 fully saturated rings. The molecule has 0 aliphatic carbocycles. The van der Waals surface area contributed by atoms with Crippen molar-refractivity contribution in [3.05, 3.63) is 65.2 Å². The van der Waals surface area contributed by atoms with E-state index >= 15 is 0 Å². The van der Waals surface area contributed by atoms with E-state index in [1.165, 1.54) is 5.56 Å². The summed E-state index contributed by atoms with van der Waals surface area (Å²) in [5, 5.41) is 2.75. The Morgan fingerprint density at radius 3 is 2.54 bits per heavy atom. The van der Waals surface area contributed by atoms with Gasteiger partial charge in [-0.3, -0.25) is 5.32 Å². The molecular weight excluding hydrogens is 356 g/mol. The summed E-state index contributed by atoms with van der Waals surface area (Å²) in [6.07, 6.45) is -0.0739. The second-order valence-corrected chi connectivity index (χ2v) is 7.82. The van der Waals surface area contributed by atoms with E-state index in [4.69, 9.17) is 9.47 Å². The van der Waals surface area contributed by atoms with E-state index < -0.39 is 11.7 Å². The lowest BCUT2D eigenvalue weighted by Crippen LogP contribution is -2.39. The fourth-order valence-electron chi connectivity index (χ4n) is 2.99. The third kappa shape index (κ3) is 5.49. The van der Waals surface area contributed by atoms with E-state index in [1.54, 1.807) is 4.90 Å². The number of carbonyl (C=O) groups excluding carboxylic acids is 2. The minimum atomic E-state index is -0.525. The number of ether oxygens (including phenoxy) is 2. The number of rotatable bonds is 3. The minimum absolute atomic E-state index is 0.212. The molecule has 3 rings (SSSR count). The van der Waals surface area contributed by atoms with Crippen LogP contribution in [0.5, 0.6) is 0 Å². The Bertz CT molecular complexity index is 843. The predicted molar refractivity (Wildman–Crippen MR) is 107 cm³/mol. The van der Waals surface area contributed by atoms with Gasteiger partial charge < -0.3 is 14.4 Å². The molecule has 0 aromatic heterocycles. The summed E-state index contributed by atoms with van der Waals surface area (Å²) >= 11 is 0. The number of carbonyl (C=O) groups is 2. The van der Waals surface area contributed by atoms with Gasteiger partial charge >= 0.3 is 12.2 Å². The van der Waals surface area contributed by atoms with Gasteiger partial charge in [0.1, 0.15) is 12.2 Å². The van der Waals surface area contributed by atoms with Gasteiger partial charge in [0.2, 0.25) is 0 Å². The van der Waals surface area contributed by atoms with Gasteiger partial charge in [-0.2, -0.15) is 0 Å². The maximum Gasteiger partial charge on any atom is 0.411 e. The lowest BCUT2D eigenvalue weighted by atomic mass is 9.99. The molecule has 0 atom stereocenters. The summed E-state index contributed by atoms with van der Waals surface area (Å²) in [6, 6.07) is 15.2. The van der Waals surface area contributed by atoms with Crippen molar-refractivity contribution < 1.29 is 19.1 Å². The molecule has 1 N–H and O–H groups in total. The smallest absolute Gasteiger partial charge is 0.411 e. The number of hydrogen-bond acceptors (Lipinski definition) is 4. The average Bonchev–Trinajstić information content (AvgIpc) is 2.65. The molecule has 0 bridgehead atoms. The Balaban J connectivity index is 1.59. The zero-order valence-electron chi connectivity index (χ0n) is 16.5. The van der Waals surface area contributed by atoms with Gasteiger partial charge in [0, 0.05) is 18.8 Å². The zero-order valence-corrected chi connectivity index (χ0v) is 16.5. The van der Waals surface area contributed by atoms with Gasteiger partial charge in [-0.15, -0.1) is 0 Å². The molecule has 1 aliphatic heterocycles. The fourth-order valence-corrected chi connectivity index (χ4v) is 2.99. The summed E-state index contributed by atoms with van der Waals surface area (Å²) < 4.78 is 10.7. The first-order valence-electron chi connectivity index (χ1n) is 9.37. The molecular formula is C22H26N2O4. The van der Waals surface area contributed by atoms with Crippen LogP contribution < -0.4 is 5.32 Å². The monoisotopic (exact) mass is 382 g/mol. The van der Waals surface area contributed by atoms with Crippen molar-refractivity contribution in [2.45, 2.75) is 45.9 Å². The van der Waals surface area contributed by atoms with Crippen LogP contribution in [0.1, 0.15) is 37.5 Å². The van der Waals surface area contributed by atoms with Crippen LogP contribution in [0.2, 0.25) is 0 Å². The van der Waals surface area contributed by atoms with E-state index in [2.05, 4.69) is 5.32 Å². The molecule has 0 unspecified atom stereocenters. The molecule has 0 radical (unpaired) electrons. The third-order valence-corrected chi connectivity index (χ3v) is 4.33. The van der Waals surface area contributed by atoms with E-state index in [0.717, 1.165) is 17.5 Å². The summed E-state index contributed by atoms with van der Waals surface area (Å²) in [7, 11) is 0. The van der Waals surface area contributed by atoms with Crippen molar-refractivity contribution in [1.82, 2.24) is 4.90 Å². The third-order valence-electron chi connectivity index (χ3n) is 4.33. The largest absolute Gasteiger partial charge is 0.444 e. The van der Waals surface area contributed by atoms with Gasteiger partial charge in [0.05, 0.1) is 0 Å². The maximum absolute atomic E-state index is 12.3. The van der Waals surface area contributed by atoms with Crippen molar-refractivity contribution in [2.75, 3.05) is 11.9 Å². The standard InChI is InChI=1S/C22H26N2O4/c1-22(2,3)28-21(26)24-12-11-17-9-10-19(13-18(17)14-24)23-20(25)27-15-16-7-5-4-6-8-16/h4-10,13H,11-12,14-15H2,1-3H3,(H,23,25). The highest BCUT2D eigenvalue weighted by Gasteiger charge is 2.25. The molecule has 2 aromatic rings. The number of benzene rings is 2. The van der Waals surface area contributed by atoms with Crippen LogP contribution in [0, 0.1) is 0 Å². The number of hydrogen-bond donors (Lipinski definition) is 1. The Morgan fingerprint density at radius 2 is 1.82 bits per heavy atom. The summed E-state index contributed by atoms with van der Waals surface area (Å²) in [5.74, 6) is 0. The molecule has 28 heavy (non-hydrogen) atoms. The van der Waals surface area contributed by atoms with Gasteiger partial charge in [0.15, 0.2) is 0 Å². The highest BCUT2D eigenvalue weighted by Crippen LogP contribution is 2.24. The zero-order chi connectivity index (χ0) is 20.1. The molecule has 6 heteroatoms. The molecule has 148 valence electrons. The van der Waals surface area contributed by atoms with Crippen LogP contribution >= 0.6 is 0 Å². The van der Waals surface area contributed by atoms with Crippen molar-refractivity contribution in [3.8, 4) is 0 Å². The molecule has 2 amide bonds. The van der Waals surface area contributed by atoms with Gasteiger partial charge in [-0.1, -0.05) is 36.4 Å². The van der Waals surface area contributed by atoms with Crippen LogP contribution in [-0.4, -0.2) is 29.2 Å². The first-order valence-corrected chi connectivity index (χ1v) is 9.37. The highest BCUT2D eigenvalue weighted by atomic mass is 16.6. The summed E-state index contributed by atoms with van der Waals surface area (Å²) in [5.41, 5.74) is 3.21. The van der Waals surface area contributed by atoms with Crippen LogP contribution in [0.15, 0.2) is 48.5 Å². The fraction of sp³-hybridized carbons (Fsp3) is 0.364. The minimum Gasteiger partial charge on any atom is -0.444 e. The molecule has 1 aliphatic rings.